The van der Waals surface area contributed by atoms with Crippen molar-refractivity contribution in [2.75, 3.05) is 19.0 Å². The molecular formula is C30H25Br2N3O5. The quantitative estimate of drug-likeness (QED) is 0.139. The second kappa shape index (κ2) is 14.3. The zero-order valence-electron chi connectivity index (χ0n) is 21.4. The van der Waals surface area contributed by atoms with Gasteiger partial charge in [-0.05, 0) is 85.5 Å². The molecule has 10 heteroatoms. The van der Waals surface area contributed by atoms with E-state index in [1.807, 2.05) is 48.5 Å². The fraction of sp³-hybridized carbons (Fsp3) is 0.100. The van der Waals surface area contributed by atoms with Crippen molar-refractivity contribution in [2.45, 2.75) is 6.61 Å². The lowest BCUT2D eigenvalue weighted by molar-refractivity contribution is -0.118. The molecule has 0 aromatic heterocycles. The molecule has 40 heavy (non-hydrogen) atoms. The van der Waals surface area contributed by atoms with Crippen LogP contribution in [-0.2, 0) is 11.4 Å². The number of hydrogen-bond donors (Lipinski definition) is 2. The maximum absolute atomic E-state index is 12.7. The highest BCUT2D eigenvalue weighted by Gasteiger charge is 2.13. The van der Waals surface area contributed by atoms with Gasteiger partial charge in [0.05, 0.1) is 22.3 Å². The first kappa shape index (κ1) is 28.8. The van der Waals surface area contributed by atoms with Crippen molar-refractivity contribution in [3.05, 3.63) is 117 Å². The van der Waals surface area contributed by atoms with E-state index in [1.54, 1.807) is 42.5 Å². The monoisotopic (exact) mass is 665 g/mol. The van der Waals surface area contributed by atoms with Crippen molar-refractivity contribution >= 4 is 55.6 Å². The van der Waals surface area contributed by atoms with Gasteiger partial charge in [-0.3, -0.25) is 9.59 Å². The number of halogens is 2. The van der Waals surface area contributed by atoms with Gasteiger partial charge in [0.2, 0.25) is 0 Å². The van der Waals surface area contributed by atoms with Gasteiger partial charge in [-0.15, -0.1) is 0 Å². The van der Waals surface area contributed by atoms with Crippen LogP contribution >= 0.6 is 31.9 Å². The molecule has 0 radical (unpaired) electrons. The van der Waals surface area contributed by atoms with Crippen LogP contribution in [-0.4, -0.2) is 31.7 Å². The molecule has 0 saturated carbocycles. The molecule has 8 nitrogen and oxygen atoms in total. The number of carbonyl (C=O) groups is 2. The second-order valence-corrected chi connectivity index (χ2v) is 10.1. The minimum Gasteiger partial charge on any atom is -0.493 e. The minimum absolute atomic E-state index is 0.171. The summed E-state index contributed by atoms with van der Waals surface area (Å²) in [6.07, 6.45) is 1.49. The van der Waals surface area contributed by atoms with Crippen molar-refractivity contribution in [3.8, 4) is 17.2 Å². The maximum Gasteiger partial charge on any atom is 0.271 e. The Morgan fingerprint density at radius 3 is 2.20 bits per heavy atom. The number of benzene rings is 4. The van der Waals surface area contributed by atoms with Crippen molar-refractivity contribution in [1.82, 2.24) is 5.43 Å². The molecule has 4 rings (SSSR count). The van der Waals surface area contributed by atoms with E-state index in [0.717, 1.165) is 5.56 Å². The maximum atomic E-state index is 12.7. The van der Waals surface area contributed by atoms with Crippen molar-refractivity contribution in [3.63, 3.8) is 0 Å². The molecule has 0 spiro atoms. The van der Waals surface area contributed by atoms with E-state index in [0.29, 0.717) is 49.6 Å². The fourth-order valence-corrected chi connectivity index (χ4v) is 4.99. The van der Waals surface area contributed by atoms with Crippen molar-refractivity contribution in [1.29, 1.82) is 0 Å². The van der Waals surface area contributed by atoms with Gasteiger partial charge >= 0.3 is 0 Å². The van der Waals surface area contributed by atoms with Crippen LogP contribution in [0.4, 0.5) is 5.69 Å². The van der Waals surface area contributed by atoms with Crippen LogP contribution in [0.3, 0.4) is 0 Å². The number of nitrogens with zero attached hydrogens (tertiary/aromatic N) is 1. The number of carbonyl (C=O) groups excluding carboxylic acids is 2. The van der Waals surface area contributed by atoms with E-state index in [2.05, 4.69) is 47.7 Å². The Morgan fingerprint density at radius 1 is 0.850 bits per heavy atom. The topological polar surface area (TPSA) is 98.3 Å². The summed E-state index contributed by atoms with van der Waals surface area (Å²) in [5.41, 5.74) is 5.27. The Balaban J connectivity index is 1.32. The molecule has 0 atom stereocenters. The molecule has 2 N–H and O–H groups in total. The Bertz CT molecular complexity index is 1480. The highest BCUT2D eigenvalue weighted by Crippen LogP contribution is 2.34. The SMILES string of the molecule is COc1cc(C(=O)N/N=C/c2cc(Br)c(OCC(=O)Nc3ccccc3)c(Br)c2)ccc1OCc1ccccc1. The Kier molecular flexibility index (Phi) is 10.3. The number of anilines is 1. The summed E-state index contributed by atoms with van der Waals surface area (Å²) in [7, 11) is 1.52. The van der Waals surface area contributed by atoms with E-state index < -0.39 is 5.91 Å². The van der Waals surface area contributed by atoms with Gasteiger partial charge in [0.25, 0.3) is 11.8 Å². The lowest BCUT2D eigenvalue weighted by Gasteiger charge is -2.12. The molecule has 0 aliphatic heterocycles. The molecule has 204 valence electrons. The first-order valence-corrected chi connectivity index (χ1v) is 13.7. The van der Waals surface area contributed by atoms with Gasteiger partial charge in [0.1, 0.15) is 12.4 Å². The molecule has 0 unspecified atom stereocenters. The zero-order chi connectivity index (χ0) is 28.3. The van der Waals surface area contributed by atoms with Crippen LogP contribution in [0.25, 0.3) is 0 Å². The van der Waals surface area contributed by atoms with Crippen LogP contribution in [0, 0.1) is 0 Å². The highest BCUT2D eigenvalue weighted by atomic mass is 79.9. The van der Waals surface area contributed by atoms with Gasteiger partial charge in [-0.25, -0.2) is 5.43 Å². The molecular weight excluding hydrogens is 642 g/mol. The summed E-state index contributed by atoms with van der Waals surface area (Å²) in [5.74, 6) is 0.734. The first-order chi connectivity index (χ1) is 19.4. The normalized spacial score (nSPS) is 10.7. The number of amides is 2. The highest BCUT2D eigenvalue weighted by molar-refractivity contribution is 9.11. The standard InChI is InChI=1S/C30H25Br2N3O5/c1-38-27-16-22(12-13-26(27)39-18-20-8-4-2-5-9-20)30(37)35-33-17-21-14-24(31)29(25(32)15-21)40-19-28(36)34-23-10-6-3-7-11-23/h2-17H,18-19H2,1H3,(H,34,36)(H,35,37)/b33-17+. The number of hydrazone groups is 1. The summed E-state index contributed by atoms with van der Waals surface area (Å²) >= 11 is 6.92. The summed E-state index contributed by atoms with van der Waals surface area (Å²) in [6.45, 7) is 0.206. The molecule has 4 aromatic rings. The third-order valence-corrected chi connectivity index (χ3v) is 6.65. The number of ether oxygens (including phenoxy) is 3. The molecule has 4 aromatic carbocycles. The zero-order valence-corrected chi connectivity index (χ0v) is 24.6. The van der Waals surface area contributed by atoms with E-state index in [9.17, 15) is 9.59 Å². The third kappa shape index (κ3) is 8.17. The predicted octanol–water partition coefficient (Wildman–Crippen LogP) is 6.58. The number of methoxy groups -OCH3 is 1. The average Bonchev–Trinajstić information content (AvgIpc) is 2.96. The number of nitrogens with one attached hydrogen (secondary N) is 2. The van der Waals surface area contributed by atoms with Crippen molar-refractivity contribution in [2.24, 2.45) is 5.10 Å². The lowest BCUT2D eigenvalue weighted by atomic mass is 10.2. The van der Waals surface area contributed by atoms with Gasteiger partial charge < -0.3 is 19.5 Å². The molecule has 0 fully saturated rings. The van der Waals surface area contributed by atoms with Crippen LogP contribution in [0.5, 0.6) is 17.2 Å². The molecule has 0 saturated heterocycles. The largest absolute Gasteiger partial charge is 0.493 e. The lowest BCUT2D eigenvalue weighted by Crippen LogP contribution is -2.20. The van der Waals surface area contributed by atoms with Gasteiger partial charge in [0.15, 0.2) is 18.1 Å². The molecule has 0 bridgehead atoms. The number of rotatable bonds is 11. The molecule has 2 amide bonds. The van der Waals surface area contributed by atoms with Gasteiger partial charge in [0, 0.05) is 11.3 Å². The number of para-hydroxylation sites is 1. The first-order valence-electron chi connectivity index (χ1n) is 12.1. The van der Waals surface area contributed by atoms with E-state index in [4.69, 9.17) is 14.2 Å². The third-order valence-electron chi connectivity index (χ3n) is 5.47. The summed E-state index contributed by atoms with van der Waals surface area (Å²) in [5, 5.41) is 6.83. The van der Waals surface area contributed by atoms with Crippen molar-refractivity contribution < 1.29 is 23.8 Å². The Morgan fingerprint density at radius 2 is 1.52 bits per heavy atom. The smallest absolute Gasteiger partial charge is 0.271 e. The Hall–Kier alpha value is -4.15. The minimum atomic E-state index is -0.410. The summed E-state index contributed by atoms with van der Waals surface area (Å²) in [6, 6.07) is 27.3. The van der Waals surface area contributed by atoms with E-state index in [-0.39, 0.29) is 12.5 Å². The van der Waals surface area contributed by atoms with Crippen LogP contribution < -0.4 is 25.0 Å². The number of hydrogen-bond acceptors (Lipinski definition) is 6. The molecule has 0 aliphatic carbocycles. The molecule has 0 heterocycles. The second-order valence-electron chi connectivity index (χ2n) is 8.36. The summed E-state index contributed by atoms with van der Waals surface area (Å²) < 4.78 is 18.2. The predicted molar refractivity (Wildman–Crippen MR) is 161 cm³/mol. The van der Waals surface area contributed by atoms with Crippen LogP contribution in [0.2, 0.25) is 0 Å². The van der Waals surface area contributed by atoms with Crippen LogP contribution in [0.1, 0.15) is 21.5 Å². The van der Waals surface area contributed by atoms with E-state index >= 15 is 0 Å². The van der Waals surface area contributed by atoms with Crippen LogP contribution in [0.15, 0.2) is 105 Å². The van der Waals surface area contributed by atoms with Gasteiger partial charge in [-0.1, -0.05) is 48.5 Å². The Labute approximate surface area is 248 Å². The van der Waals surface area contributed by atoms with Gasteiger partial charge in [-0.2, -0.15) is 5.10 Å². The van der Waals surface area contributed by atoms with E-state index in [1.165, 1.54) is 13.3 Å². The molecule has 0 aliphatic rings. The summed E-state index contributed by atoms with van der Waals surface area (Å²) in [4.78, 5) is 24.9. The fourth-order valence-electron chi connectivity index (χ4n) is 3.54. The average molecular weight is 667 g/mol.